The van der Waals surface area contributed by atoms with Crippen LogP contribution in [0.3, 0.4) is 0 Å². The van der Waals surface area contributed by atoms with Crippen molar-refractivity contribution in [2.24, 2.45) is 0 Å². The van der Waals surface area contributed by atoms with Crippen molar-refractivity contribution < 1.29 is 27.2 Å². The highest BCUT2D eigenvalue weighted by Gasteiger charge is 2.39. The summed E-state index contributed by atoms with van der Waals surface area (Å²) in [4.78, 5) is 32.2. The van der Waals surface area contributed by atoms with Gasteiger partial charge in [0.15, 0.2) is 11.6 Å². The van der Waals surface area contributed by atoms with Gasteiger partial charge in [-0.1, -0.05) is 12.1 Å². The minimum atomic E-state index is -4.43. The maximum Gasteiger partial charge on any atom is 0.389 e. The SMILES string of the molecule is CCN1CCN(C(=O)c2cccc(-c3cnc(N)c(F)c3)c2)C(CCC(F)(F)F)C1=O. The predicted molar refractivity (Wildman–Crippen MR) is 106 cm³/mol. The third-order valence-electron chi connectivity index (χ3n) is 5.24. The number of pyridine rings is 1. The number of carbonyl (C=O) groups is 2. The number of aromatic nitrogens is 1. The summed E-state index contributed by atoms with van der Waals surface area (Å²) in [5.74, 6) is -2.01. The molecule has 0 aliphatic carbocycles. The van der Waals surface area contributed by atoms with Crippen LogP contribution in [0.4, 0.5) is 23.4 Å². The van der Waals surface area contributed by atoms with Crippen LogP contribution >= 0.6 is 0 Å². The van der Waals surface area contributed by atoms with Crippen molar-refractivity contribution >= 4 is 17.6 Å². The van der Waals surface area contributed by atoms with Crippen LogP contribution in [0.1, 0.15) is 30.1 Å². The number of piperazine rings is 1. The van der Waals surface area contributed by atoms with E-state index in [2.05, 4.69) is 4.98 Å². The van der Waals surface area contributed by atoms with Crippen LogP contribution in [0.25, 0.3) is 11.1 Å². The number of carbonyl (C=O) groups excluding carboxylic acids is 2. The molecule has 31 heavy (non-hydrogen) atoms. The van der Waals surface area contributed by atoms with Crippen LogP contribution in [-0.4, -0.2) is 58.5 Å². The number of anilines is 1. The van der Waals surface area contributed by atoms with Gasteiger partial charge in [0, 0.05) is 43.4 Å². The van der Waals surface area contributed by atoms with Crippen molar-refractivity contribution in [3.63, 3.8) is 0 Å². The zero-order chi connectivity index (χ0) is 22.8. The number of hydrogen-bond acceptors (Lipinski definition) is 4. The normalized spacial score (nSPS) is 17.2. The zero-order valence-electron chi connectivity index (χ0n) is 16.8. The molecular weight excluding hydrogens is 416 g/mol. The largest absolute Gasteiger partial charge is 0.389 e. The number of benzene rings is 1. The van der Waals surface area contributed by atoms with Gasteiger partial charge in [-0.25, -0.2) is 9.37 Å². The molecule has 1 aromatic carbocycles. The van der Waals surface area contributed by atoms with Crippen molar-refractivity contribution in [1.82, 2.24) is 14.8 Å². The summed E-state index contributed by atoms with van der Waals surface area (Å²) in [6.07, 6.45) is -4.74. The van der Waals surface area contributed by atoms with Crippen LogP contribution in [0.5, 0.6) is 0 Å². The fourth-order valence-corrected chi connectivity index (χ4v) is 3.58. The van der Waals surface area contributed by atoms with E-state index in [1.807, 2.05) is 0 Å². The summed E-state index contributed by atoms with van der Waals surface area (Å²) in [5.41, 5.74) is 6.45. The molecule has 1 aliphatic heterocycles. The van der Waals surface area contributed by atoms with Crippen molar-refractivity contribution in [2.75, 3.05) is 25.4 Å². The molecule has 0 radical (unpaired) electrons. The highest BCUT2D eigenvalue weighted by atomic mass is 19.4. The number of hydrogen-bond donors (Lipinski definition) is 1. The molecule has 3 rings (SSSR count). The van der Waals surface area contributed by atoms with Crippen molar-refractivity contribution in [2.45, 2.75) is 32.0 Å². The first-order chi connectivity index (χ1) is 14.6. The molecule has 1 aliphatic rings. The number of likely N-dealkylation sites (N-methyl/N-ethyl adjacent to an activating group) is 1. The molecular formula is C21H22F4N4O2. The Morgan fingerprint density at radius 1 is 1.23 bits per heavy atom. The van der Waals surface area contributed by atoms with E-state index in [1.165, 1.54) is 34.2 Å². The molecule has 0 bridgehead atoms. The second-order valence-corrected chi connectivity index (χ2v) is 7.26. The predicted octanol–water partition coefficient (Wildman–Crippen LogP) is 3.49. The lowest BCUT2D eigenvalue weighted by molar-refractivity contribution is -0.149. The van der Waals surface area contributed by atoms with Crippen LogP contribution in [0.2, 0.25) is 0 Å². The van der Waals surface area contributed by atoms with Crippen LogP contribution < -0.4 is 5.73 Å². The van der Waals surface area contributed by atoms with Gasteiger partial charge < -0.3 is 15.5 Å². The molecule has 2 aromatic rings. The van der Waals surface area contributed by atoms with E-state index in [0.29, 0.717) is 17.7 Å². The van der Waals surface area contributed by atoms with E-state index in [9.17, 15) is 27.2 Å². The smallest absolute Gasteiger partial charge is 0.381 e. The minimum Gasteiger partial charge on any atom is -0.381 e. The van der Waals surface area contributed by atoms with Gasteiger partial charge in [-0.15, -0.1) is 0 Å². The maximum absolute atomic E-state index is 13.8. The molecule has 1 unspecified atom stereocenters. The molecule has 2 heterocycles. The second-order valence-electron chi connectivity index (χ2n) is 7.26. The monoisotopic (exact) mass is 438 g/mol. The van der Waals surface area contributed by atoms with E-state index in [-0.39, 0.29) is 24.5 Å². The number of nitrogens with two attached hydrogens (primary N) is 1. The third-order valence-corrected chi connectivity index (χ3v) is 5.24. The highest BCUT2D eigenvalue weighted by Crippen LogP contribution is 2.28. The molecule has 2 amide bonds. The summed E-state index contributed by atoms with van der Waals surface area (Å²) in [5, 5.41) is 0. The van der Waals surface area contributed by atoms with E-state index < -0.39 is 42.7 Å². The number of halogens is 4. The van der Waals surface area contributed by atoms with Gasteiger partial charge in [0.1, 0.15) is 6.04 Å². The van der Waals surface area contributed by atoms with Gasteiger partial charge in [0.25, 0.3) is 5.91 Å². The van der Waals surface area contributed by atoms with Crippen LogP contribution in [0.15, 0.2) is 36.5 Å². The quantitative estimate of drug-likeness (QED) is 0.725. The molecule has 0 spiro atoms. The lowest BCUT2D eigenvalue weighted by atomic mass is 10.0. The van der Waals surface area contributed by atoms with E-state index >= 15 is 0 Å². The Bertz CT molecular complexity index is 980. The number of amides is 2. The Kier molecular flexibility index (Phi) is 6.47. The summed E-state index contributed by atoms with van der Waals surface area (Å²) in [7, 11) is 0. The molecule has 1 saturated heterocycles. The number of nitrogen functional groups attached to an aromatic ring is 1. The lowest BCUT2D eigenvalue weighted by Crippen LogP contribution is -2.58. The van der Waals surface area contributed by atoms with Gasteiger partial charge in [-0.3, -0.25) is 9.59 Å². The molecule has 166 valence electrons. The Hall–Kier alpha value is -3.17. The number of nitrogens with zero attached hydrogens (tertiary/aromatic N) is 3. The summed E-state index contributed by atoms with van der Waals surface area (Å²) >= 11 is 0. The third kappa shape index (κ3) is 5.12. The first-order valence-corrected chi connectivity index (χ1v) is 9.78. The van der Waals surface area contributed by atoms with Crippen molar-refractivity contribution in [3.8, 4) is 11.1 Å². The van der Waals surface area contributed by atoms with Crippen molar-refractivity contribution in [3.05, 3.63) is 47.9 Å². The first-order valence-electron chi connectivity index (χ1n) is 9.78. The Morgan fingerprint density at radius 3 is 2.61 bits per heavy atom. The molecule has 10 heteroatoms. The van der Waals surface area contributed by atoms with Crippen LogP contribution in [-0.2, 0) is 4.79 Å². The summed E-state index contributed by atoms with van der Waals surface area (Å²) < 4.78 is 52.2. The molecule has 1 atom stereocenters. The Balaban J connectivity index is 1.88. The van der Waals surface area contributed by atoms with Gasteiger partial charge >= 0.3 is 6.18 Å². The lowest BCUT2D eigenvalue weighted by Gasteiger charge is -2.40. The van der Waals surface area contributed by atoms with E-state index in [1.54, 1.807) is 19.1 Å². The van der Waals surface area contributed by atoms with E-state index in [4.69, 9.17) is 5.73 Å². The molecule has 1 aromatic heterocycles. The minimum absolute atomic E-state index is 0.128. The highest BCUT2D eigenvalue weighted by molar-refractivity contribution is 5.99. The zero-order valence-corrected chi connectivity index (χ0v) is 16.8. The second kappa shape index (κ2) is 8.91. The van der Waals surface area contributed by atoms with Crippen LogP contribution in [0, 0.1) is 5.82 Å². The summed E-state index contributed by atoms with van der Waals surface area (Å²) in [6, 6.07) is 6.21. The number of alkyl halides is 3. The fourth-order valence-electron chi connectivity index (χ4n) is 3.58. The Labute approximate surface area is 176 Å². The molecule has 1 fully saturated rings. The van der Waals surface area contributed by atoms with Gasteiger partial charge in [-0.05, 0) is 37.1 Å². The Morgan fingerprint density at radius 2 is 1.97 bits per heavy atom. The van der Waals surface area contributed by atoms with Gasteiger partial charge in [-0.2, -0.15) is 13.2 Å². The van der Waals surface area contributed by atoms with Gasteiger partial charge in [0.05, 0.1) is 0 Å². The number of rotatable bonds is 5. The van der Waals surface area contributed by atoms with Crippen molar-refractivity contribution in [1.29, 1.82) is 0 Å². The van der Waals surface area contributed by atoms with Gasteiger partial charge in [0.2, 0.25) is 5.91 Å². The summed E-state index contributed by atoms with van der Waals surface area (Å²) in [6.45, 7) is 2.47. The fraction of sp³-hybridized carbons (Fsp3) is 0.381. The molecule has 0 saturated carbocycles. The first kappa shape index (κ1) is 22.5. The maximum atomic E-state index is 13.8. The molecule has 2 N–H and O–H groups in total. The average Bonchev–Trinajstić information content (AvgIpc) is 2.73. The van der Waals surface area contributed by atoms with E-state index in [0.717, 1.165) is 0 Å². The average molecular weight is 438 g/mol. The molecule has 6 nitrogen and oxygen atoms in total. The topological polar surface area (TPSA) is 79.5 Å². The standard InChI is InChI=1S/C21H22F4N4O2/c1-2-28-8-9-29(17(20(28)31)6-7-21(23,24)25)19(30)14-5-3-4-13(10-14)15-11-16(22)18(26)27-12-15/h3-5,10-12,17H,2,6-9H2,1H3,(H2,26,27).